The maximum Gasteiger partial charge on any atom is 0.411 e. The highest BCUT2D eigenvalue weighted by molar-refractivity contribution is 5.70. The van der Waals surface area contributed by atoms with Crippen LogP contribution in [0.1, 0.15) is 37.9 Å². The molecule has 1 atom stereocenters. The summed E-state index contributed by atoms with van der Waals surface area (Å²) in [6, 6.07) is 7.42. The van der Waals surface area contributed by atoms with E-state index in [1.807, 2.05) is 45.0 Å². The lowest BCUT2D eigenvalue weighted by atomic mass is 10.1. The lowest BCUT2D eigenvalue weighted by molar-refractivity contribution is -0.251. The van der Waals surface area contributed by atoms with E-state index in [2.05, 4.69) is 4.89 Å². The molecule has 5 nitrogen and oxygen atoms in total. The lowest BCUT2D eigenvalue weighted by Gasteiger charge is -2.28. The minimum Gasteiger partial charge on any atom is -0.444 e. The Morgan fingerprint density at radius 3 is 2.74 bits per heavy atom. The SMILES string of the molecule is CC(C)(C)OC(=O)N1Cc2ccccc2[C@H]1COO. The fourth-order valence-corrected chi connectivity index (χ4v) is 2.23. The van der Waals surface area contributed by atoms with Gasteiger partial charge in [0, 0.05) is 0 Å². The van der Waals surface area contributed by atoms with Gasteiger partial charge in [-0.05, 0) is 31.9 Å². The van der Waals surface area contributed by atoms with Crippen molar-refractivity contribution in [3.8, 4) is 0 Å². The number of hydrogen-bond donors (Lipinski definition) is 1. The summed E-state index contributed by atoms with van der Waals surface area (Å²) in [6.07, 6.45) is -0.397. The largest absolute Gasteiger partial charge is 0.444 e. The molecule has 19 heavy (non-hydrogen) atoms. The molecule has 0 saturated carbocycles. The van der Waals surface area contributed by atoms with E-state index in [-0.39, 0.29) is 12.6 Å². The first-order valence-electron chi connectivity index (χ1n) is 6.26. The van der Waals surface area contributed by atoms with Gasteiger partial charge in [-0.15, -0.1) is 0 Å². The Labute approximate surface area is 112 Å². The van der Waals surface area contributed by atoms with Crippen molar-refractivity contribution in [1.82, 2.24) is 4.90 Å². The van der Waals surface area contributed by atoms with E-state index >= 15 is 0 Å². The van der Waals surface area contributed by atoms with Crippen molar-refractivity contribution in [2.75, 3.05) is 6.61 Å². The van der Waals surface area contributed by atoms with Crippen LogP contribution in [0.2, 0.25) is 0 Å². The van der Waals surface area contributed by atoms with E-state index in [0.717, 1.165) is 11.1 Å². The molecule has 0 fully saturated rings. The molecule has 0 aromatic heterocycles. The summed E-state index contributed by atoms with van der Waals surface area (Å²) < 4.78 is 5.38. The first-order chi connectivity index (χ1) is 8.92. The van der Waals surface area contributed by atoms with Crippen LogP contribution < -0.4 is 0 Å². The van der Waals surface area contributed by atoms with Crippen LogP contribution in [0.4, 0.5) is 4.79 Å². The standard InChI is InChI=1S/C14H19NO4/c1-14(2,3)19-13(16)15-8-10-6-4-5-7-11(10)12(15)9-18-17/h4-7,12,17H,8-9H2,1-3H3/t12-/m1/s1. The average Bonchev–Trinajstić information content (AvgIpc) is 2.67. The molecule has 1 aliphatic heterocycles. The highest BCUT2D eigenvalue weighted by Gasteiger charge is 2.36. The molecule has 0 bridgehead atoms. The van der Waals surface area contributed by atoms with Gasteiger partial charge in [-0.1, -0.05) is 24.3 Å². The molecule has 2 rings (SSSR count). The minimum absolute atomic E-state index is 0.0380. The molecule has 1 aliphatic rings. The fourth-order valence-electron chi connectivity index (χ4n) is 2.23. The Morgan fingerprint density at radius 2 is 2.11 bits per heavy atom. The van der Waals surface area contributed by atoms with E-state index in [0.29, 0.717) is 6.54 Å². The number of ether oxygens (including phenoxy) is 1. The molecule has 5 heteroatoms. The molecule has 1 N–H and O–H groups in total. The number of carbonyl (C=O) groups excluding carboxylic acids is 1. The van der Waals surface area contributed by atoms with Crippen molar-refractivity contribution >= 4 is 6.09 Å². The number of fused-ring (bicyclic) bond motifs is 1. The minimum atomic E-state index is -0.545. The highest BCUT2D eigenvalue weighted by atomic mass is 17.1. The van der Waals surface area contributed by atoms with Gasteiger partial charge in [0.05, 0.1) is 12.6 Å². The second-order valence-corrected chi connectivity index (χ2v) is 5.62. The number of hydrogen-bond acceptors (Lipinski definition) is 4. The maximum absolute atomic E-state index is 12.2. The van der Waals surface area contributed by atoms with E-state index in [1.165, 1.54) is 0 Å². The summed E-state index contributed by atoms with van der Waals surface area (Å²) in [7, 11) is 0. The van der Waals surface area contributed by atoms with Crippen LogP contribution in [0.3, 0.4) is 0 Å². The van der Waals surface area contributed by atoms with Gasteiger partial charge in [-0.2, -0.15) is 0 Å². The number of nitrogens with zero attached hydrogens (tertiary/aromatic N) is 1. The third kappa shape index (κ3) is 3.05. The summed E-state index contributed by atoms with van der Waals surface area (Å²) in [5.41, 5.74) is 1.49. The van der Waals surface area contributed by atoms with Crippen molar-refractivity contribution in [2.24, 2.45) is 0 Å². The molecule has 0 aliphatic carbocycles. The first-order valence-corrected chi connectivity index (χ1v) is 6.26. The molecule has 0 radical (unpaired) electrons. The van der Waals surface area contributed by atoms with E-state index in [4.69, 9.17) is 9.99 Å². The van der Waals surface area contributed by atoms with Crippen molar-refractivity contribution in [2.45, 2.75) is 39.0 Å². The van der Waals surface area contributed by atoms with Crippen molar-refractivity contribution in [3.63, 3.8) is 0 Å². The van der Waals surface area contributed by atoms with Gasteiger partial charge in [-0.3, -0.25) is 10.2 Å². The Morgan fingerprint density at radius 1 is 1.42 bits per heavy atom. The van der Waals surface area contributed by atoms with Crippen LogP contribution in [0, 0.1) is 0 Å². The topological polar surface area (TPSA) is 59.0 Å². The van der Waals surface area contributed by atoms with Crippen LogP contribution in [0.25, 0.3) is 0 Å². The van der Waals surface area contributed by atoms with Gasteiger partial charge in [0.25, 0.3) is 0 Å². The number of carbonyl (C=O) groups is 1. The normalized spacial score (nSPS) is 18.3. The number of amides is 1. The number of rotatable bonds is 2. The molecule has 1 amide bonds. The summed E-state index contributed by atoms with van der Waals surface area (Å²) in [5.74, 6) is 0. The van der Waals surface area contributed by atoms with Crippen LogP contribution in [-0.2, 0) is 16.2 Å². The van der Waals surface area contributed by atoms with Gasteiger partial charge in [-0.25, -0.2) is 9.68 Å². The van der Waals surface area contributed by atoms with Crippen LogP contribution in [0.5, 0.6) is 0 Å². The van der Waals surface area contributed by atoms with Crippen LogP contribution in [-0.4, -0.2) is 28.5 Å². The molecule has 1 aromatic carbocycles. The van der Waals surface area contributed by atoms with Crippen molar-refractivity contribution in [1.29, 1.82) is 0 Å². The van der Waals surface area contributed by atoms with E-state index < -0.39 is 11.7 Å². The molecular weight excluding hydrogens is 246 g/mol. The van der Waals surface area contributed by atoms with Gasteiger partial charge in [0.1, 0.15) is 12.2 Å². The third-order valence-corrected chi connectivity index (χ3v) is 2.99. The molecule has 0 saturated heterocycles. The van der Waals surface area contributed by atoms with Crippen LogP contribution >= 0.6 is 0 Å². The molecule has 1 aromatic rings. The monoisotopic (exact) mass is 265 g/mol. The average molecular weight is 265 g/mol. The zero-order chi connectivity index (χ0) is 14.0. The highest BCUT2D eigenvalue weighted by Crippen LogP contribution is 2.34. The van der Waals surface area contributed by atoms with Crippen LogP contribution in [0.15, 0.2) is 24.3 Å². The smallest absolute Gasteiger partial charge is 0.411 e. The van der Waals surface area contributed by atoms with Crippen molar-refractivity contribution in [3.05, 3.63) is 35.4 Å². The third-order valence-electron chi connectivity index (χ3n) is 2.99. The summed E-state index contributed by atoms with van der Waals surface area (Å²) >= 11 is 0. The molecular formula is C14H19NO4. The molecule has 0 unspecified atom stereocenters. The summed E-state index contributed by atoms with van der Waals surface area (Å²) in [6.45, 7) is 5.98. The molecule has 1 heterocycles. The zero-order valence-electron chi connectivity index (χ0n) is 11.4. The van der Waals surface area contributed by atoms with Gasteiger partial charge in [0.2, 0.25) is 0 Å². The summed E-state index contributed by atoms with van der Waals surface area (Å²) in [5, 5.41) is 8.71. The second-order valence-electron chi connectivity index (χ2n) is 5.62. The Bertz CT molecular complexity index is 467. The Hall–Kier alpha value is -1.59. The van der Waals surface area contributed by atoms with Crippen molar-refractivity contribution < 1.29 is 19.7 Å². The van der Waals surface area contributed by atoms with E-state index in [9.17, 15) is 4.79 Å². The summed E-state index contributed by atoms with van der Waals surface area (Å²) in [4.78, 5) is 18.0. The van der Waals surface area contributed by atoms with E-state index in [1.54, 1.807) is 4.90 Å². The Kier molecular flexibility index (Phi) is 3.78. The number of benzene rings is 1. The van der Waals surface area contributed by atoms with Gasteiger partial charge >= 0.3 is 6.09 Å². The first kappa shape index (κ1) is 13.8. The molecule has 0 spiro atoms. The molecule has 104 valence electrons. The predicted octanol–water partition coefficient (Wildman–Crippen LogP) is 2.97. The zero-order valence-corrected chi connectivity index (χ0v) is 11.4. The Balaban J connectivity index is 2.21. The quantitative estimate of drug-likeness (QED) is 0.659. The second kappa shape index (κ2) is 5.19. The lowest BCUT2D eigenvalue weighted by Crippen LogP contribution is -2.37. The van der Waals surface area contributed by atoms with Gasteiger partial charge in [0.15, 0.2) is 0 Å². The predicted molar refractivity (Wildman–Crippen MR) is 69.5 cm³/mol. The fraction of sp³-hybridized carbons (Fsp3) is 0.500. The maximum atomic E-state index is 12.2. The van der Waals surface area contributed by atoms with Gasteiger partial charge < -0.3 is 4.74 Å².